The summed E-state index contributed by atoms with van der Waals surface area (Å²) < 4.78 is 6.24. The van der Waals surface area contributed by atoms with Gasteiger partial charge in [0.1, 0.15) is 11.9 Å². The van der Waals surface area contributed by atoms with Crippen LogP contribution in [0.3, 0.4) is 0 Å². The number of nitrogens with zero attached hydrogens (tertiary/aromatic N) is 2. The smallest absolute Gasteiger partial charge is 0.334 e. The minimum atomic E-state index is -0.548. The number of hydrogen-bond acceptors (Lipinski definition) is 4. The van der Waals surface area contributed by atoms with Crippen LogP contribution >= 0.6 is 0 Å². The van der Waals surface area contributed by atoms with Gasteiger partial charge in [0.2, 0.25) is 5.91 Å². The molecule has 2 saturated heterocycles. The Balaban J connectivity index is 1.39. The maximum atomic E-state index is 13.3. The number of urea groups is 1. The molecule has 0 radical (unpaired) electrons. The van der Waals surface area contributed by atoms with Gasteiger partial charge in [-0.25, -0.2) is 4.79 Å². The summed E-state index contributed by atoms with van der Waals surface area (Å²) in [7, 11) is 0. The molecule has 4 atom stereocenters. The van der Waals surface area contributed by atoms with E-state index >= 15 is 0 Å². The predicted octanol–water partition coefficient (Wildman–Crippen LogP) is 2.97. The van der Waals surface area contributed by atoms with Gasteiger partial charge in [-0.1, -0.05) is 36.4 Å². The Bertz CT molecular complexity index is 1050. The van der Waals surface area contributed by atoms with Crippen molar-refractivity contribution < 1.29 is 19.1 Å². The van der Waals surface area contributed by atoms with Gasteiger partial charge in [-0.15, -0.1) is 0 Å². The van der Waals surface area contributed by atoms with E-state index in [1.165, 1.54) is 0 Å². The topological polar surface area (TPSA) is 66.9 Å². The fourth-order valence-electron chi connectivity index (χ4n) is 6.06. The van der Waals surface area contributed by atoms with E-state index in [1.807, 2.05) is 18.2 Å². The molecule has 1 saturated carbocycles. The van der Waals surface area contributed by atoms with Crippen molar-refractivity contribution in [2.24, 2.45) is 5.92 Å². The molecule has 3 aliphatic heterocycles. The molecule has 1 spiro atoms. The van der Waals surface area contributed by atoms with E-state index in [1.54, 1.807) is 35.2 Å². The Morgan fingerprint density at radius 2 is 1.76 bits per heavy atom. The lowest BCUT2D eigenvalue weighted by molar-refractivity contribution is -0.130. The minimum absolute atomic E-state index is 0.0247. The van der Waals surface area contributed by atoms with E-state index in [4.69, 9.17) is 4.74 Å². The van der Waals surface area contributed by atoms with Gasteiger partial charge in [0.15, 0.2) is 0 Å². The number of fused-ring (bicyclic) bond motifs is 3. The SMILES string of the molecule is O=C1C[C@H]2[C@H]3CC[C@@H]4Oc5ccccc5[C@@]43CN2C(=O)N1C(=O)c1ccccc1. The highest BCUT2D eigenvalue weighted by molar-refractivity contribution is 6.17. The van der Waals surface area contributed by atoms with E-state index in [-0.39, 0.29) is 29.9 Å². The molecule has 3 fully saturated rings. The maximum absolute atomic E-state index is 13.3. The van der Waals surface area contributed by atoms with Gasteiger partial charge in [-0.2, -0.15) is 4.90 Å². The highest BCUT2D eigenvalue weighted by Gasteiger charge is 2.67. The van der Waals surface area contributed by atoms with Crippen molar-refractivity contribution in [3.8, 4) is 5.75 Å². The first kappa shape index (κ1) is 16.8. The summed E-state index contributed by atoms with van der Waals surface area (Å²) in [6.45, 7) is 0.495. The quantitative estimate of drug-likeness (QED) is 0.705. The maximum Gasteiger partial charge on any atom is 0.334 e. The first-order valence-electron chi connectivity index (χ1n) is 10.1. The lowest BCUT2D eigenvalue weighted by Crippen LogP contribution is -2.57. The second-order valence-corrected chi connectivity index (χ2v) is 8.41. The molecule has 146 valence electrons. The molecular weight excluding hydrogens is 368 g/mol. The largest absolute Gasteiger partial charge is 0.489 e. The fraction of sp³-hybridized carbons (Fsp3) is 0.348. The van der Waals surface area contributed by atoms with E-state index in [2.05, 4.69) is 6.07 Å². The predicted molar refractivity (Wildman–Crippen MR) is 103 cm³/mol. The van der Waals surface area contributed by atoms with E-state index in [0.29, 0.717) is 12.1 Å². The summed E-state index contributed by atoms with van der Waals surface area (Å²) in [5, 5.41) is 0. The lowest BCUT2D eigenvalue weighted by Gasteiger charge is -2.36. The van der Waals surface area contributed by atoms with Crippen molar-refractivity contribution in [2.45, 2.75) is 36.8 Å². The zero-order valence-electron chi connectivity index (χ0n) is 15.8. The van der Waals surface area contributed by atoms with Gasteiger partial charge < -0.3 is 9.64 Å². The van der Waals surface area contributed by atoms with Crippen LogP contribution in [0, 0.1) is 5.92 Å². The van der Waals surface area contributed by atoms with E-state index < -0.39 is 17.8 Å². The zero-order valence-corrected chi connectivity index (χ0v) is 15.8. The molecule has 0 aromatic heterocycles. The number of imide groups is 3. The molecule has 2 aromatic rings. The van der Waals surface area contributed by atoms with Gasteiger partial charge in [0.25, 0.3) is 5.91 Å². The van der Waals surface area contributed by atoms with Crippen molar-refractivity contribution in [3.63, 3.8) is 0 Å². The van der Waals surface area contributed by atoms with E-state index in [9.17, 15) is 14.4 Å². The van der Waals surface area contributed by atoms with Crippen LogP contribution in [-0.4, -0.2) is 46.3 Å². The molecule has 6 nitrogen and oxygen atoms in total. The molecule has 29 heavy (non-hydrogen) atoms. The number of carbonyl (C=O) groups is 3. The number of amides is 4. The Morgan fingerprint density at radius 3 is 2.59 bits per heavy atom. The highest BCUT2D eigenvalue weighted by Crippen LogP contribution is 2.61. The molecule has 0 bridgehead atoms. The minimum Gasteiger partial charge on any atom is -0.489 e. The molecule has 0 unspecified atom stereocenters. The van der Waals surface area contributed by atoms with Crippen LogP contribution in [0.25, 0.3) is 0 Å². The Hall–Kier alpha value is -3.15. The van der Waals surface area contributed by atoms with Gasteiger partial charge in [-0.3, -0.25) is 9.59 Å². The van der Waals surface area contributed by atoms with Crippen molar-refractivity contribution in [1.82, 2.24) is 9.80 Å². The molecule has 3 heterocycles. The Morgan fingerprint density at radius 1 is 1.00 bits per heavy atom. The van der Waals surface area contributed by atoms with Crippen LogP contribution in [0.5, 0.6) is 5.75 Å². The van der Waals surface area contributed by atoms with Crippen LogP contribution in [0.2, 0.25) is 0 Å². The molecule has 4 amide bonds. The molecule has 1 aliphatic carbocycles. The van der Waals surface area contributed by atoms with Gasteiger partial charge in [0.05, 0.1) is 5.41 Å². The number of ether oxygens (including phenoxy) is 1. The van der Waals surface area contributed by atoms with E-state index in [0.717, 1.165) is 29.1 Å². The summed E-state index contributed by atoms with van der Waals surface area (Å²) in [6.07, 6.45) is 2.06. The number of benzene rings is 2. The molecular formula is C23H20N2O4. The molecule has 6 heteroatoms. The standard InChI is InChI=1S/C23H20N2O4/c26-20-12-17-15-10-11-19-23(15,16-8-4-5-9-18(16)29-19)13-24(17)22(28)25(20)21(27)14-6-2-1-3-7-14/h1-9,15,17,19H,10-13H2/t15-,17+,19+,23+/m1/s1. The second-order valence-electron chi connectivity index (χ2n) is 8.41. The van der Waals surface area contributed by atoms with Crippen LogP contribution in [0.4, 0.5) is 4.79 Å². The third kappa shape index (κ3) is 2.03. The molecule has 6 rings (SSSR count). The van der Waals surface area contributed by atoms with Gasteiger partial charge in [0, 0.05) is 30.1 Å². The first-order chi connectivity index (χ1) is 14.1. The van der Waals surface area contributed by atoms with Gasteiger partial charge in [-0.05, 0) is 37.0 Å². The Labute approximate surface area is 168 Å². The normalized spacial score (nSPS) is 31.8. The van der Waals surface area contributed by atoms with Crippen LogP contribution in [0.15, 0.2) is 54.6 Å². The molecule has 0 N–H and O–H groups in total. The van der Waals surface area contributed by atoms with Crippen molar-refractivity contribution >= 4 is 17.8 Å². The third-order valence-electron chi connectivity index (χ3n) is 7.22. The monoisotopic (exact) mass is 388 g/mol. The summed E-state index contributed by atoms with van der Waals surface area (Å²) in [5.41, 5.74) is 1.21. The van der Waals surface area contributed by atoms with Crippen molar-refractivity contribution in [2.75, 3.05) is 6.54 Å². The summed E-state index contributed by atoms with van der Waals surface area (Å²) in [4.78, 5) is 41.7. The molecule has 4 aliphatic rings. The number of carbonyl (C=O) groups excluding carboxylic acids is 3. The van der Waals surface area contributed by atoms with Crippen LogP contribution in [0.1, 0.15) is 35.2 Å². The number of para-hydroxylation sites is 1. The van der Waals surface area contributed by atoms with Gasteiger partial charge >= 0.3 is 6.03 Å². The lowest BCUT2D eigenvalue weighted by atomic mass is 9.72. The second kappa shape index (κ2) is 5.69. The van der Waals surface area contributed by atoms with Crippen molar-refractivity contribution in [1.29, 1.82) is 0 Å². The third-order valence-corrected chi connectivity index (χ3v) is 7.22. The average molecular weight is 388 g/mol. The van der Waals surface area contributed by atoms with Crippen LogP contribution < -0.4 is 4.74 Å². The number of hydrogen-bond donors (Lipinski definition) is 0. The average Bonchev–Trinajstić information content (AvgIpc) is 3.35. The van der Waals surface area contributed by atoms with Crippen molar-refractivity contribution in [3.05, 3.63) is 65.7 Å². The Kier molecular flexibility index (Phi) is 3.29. The zero-order chi connectivity index (χ0) is 19.8. The summed E-state index contributed by atoms with van der Waals surface area (Å²) >= 11 is 0. The summed E-state index contributed by atoms with van der Waals surface area (Å²) in [6, 6.07) is 15.9. The first-order valence-corrected chi connectivity index (χ1v) is 10.1. The highest BCUT2D eigenvalue weighted by atomic mass is 16.5. The number of rotatable bonds is 1. The fourth-order valence-corrected chi connectivity index (χ4v) is 6.06. The molecule has 2 aromatic carbocycles. The van der Waals surface area contributed by atoms with Crippen LogP contribution in [-0.2, 0) is 10.2 Å². The summed E-state index contributed by atoms with van der Waals surface area (Å²) in [5.74, 6) is 0.113.